The van der Waals surface area contributed by atoms with E-state index in [1.807, 2.05) is 56.3 Å². The Morgan fingerprint density at radius 1 is 0.909 bits per heavy atom. The maximum atomic E-state index is 13.0. The minimum atomic E-state index is -0.406. The second-order valence-corrected chi connectivity index (χ2v) is 9.39. The number of benzene rings is 3. The number of nitrogens with one attached hydrogen (secondary N) is 1. The lowest BCUT2D eigenvalue weighted by atomic mass is 10.0. The molecule has 0 aliphatic heterocycles. The molecule has 1 aliphatic rings. The first kappa shape index (κ1) is 19.8. The van der Waals surface area contributed by atoms with Crippen molar-refractivity contribution in [3.63, 3.8) is 0 Å². The van der Waals surface area contributed by atoms with Crippen molar-refractivity contribution >= 4 is 45.0 Å². The minimum Gasteiger partial charge on any atom is -0.324 e. The first-order chi connectivity index (χ1) is 16.1. The number of rotatable bonds is 4. The zero-order chi connectivity index (χ0) is 22.5. The molecule has 1 aliphatic carbocycles. The summed E-state index contributed by atoms with van der Waals surface area (Å²) in [5.74, 6) is -0.120. The average Bonchev–Trinajstić information content (AvgIpc) is 3.14. The Bertz CT molecular complexity index is 1580. The fourth-order valence-corrected chi connectivity index (χ4v) is 5.04. The molecule has 0 fully saturated rings. The van der Waals surface area contributed by atoms with Crippen LogP contribution < -0.4 is 5.32 Å². The molecule has 0 radical (unpaired) electrons. The van der Waals surface area contributed by atoms with Crippen molar-refractivity contribution in [2.75, 3.05) is 5.32 Å². The maximum Gasteiger partial charge on any atom is 0.237 e. The van der Waals surface area contributed by atoms with Crippen LogP contribution in [0.15, 0.2) is 71.9 Å². The van der Waals surface area contributed by atoms with Crippen molar-refractivity contribution in [1.82, 2.24) is 20.2 Å². The molecule has 6 rings (SSSR count). The summed E-state index contributed by atoms with van der Waals surface area (Å²) in [5.41, 5.74) is 6.19. The molecule has 1 N–H and O–H groups in total. The molecule has 2 heterocycles. The van der Waals surface area contributed by atoms with Crippen LogP contribution in [0.2, 0.25) is 0 Å². The Morgan fingerprint density at radius 3 is 2.48 bits per heavy atom. The number of anilines is 1. The zero-order valence-electron chi connectivity index (χ0n) is 18.0. The summed E-state index contributed by atoms with van der Waals surface area (Å²) >= 11 is 1.30. The number of para-hydroxylation sites is 1. The summed E-state index contributed by atoms with van der Waals surface area (Å²) in [7, 11) is 0. The molecule has 3 aromatic carbocycles. The van der Waals surface area contributed by atoms with Gasteiger partial charge in [0.15, 0.2) is 0 Å². The number of carbonyl (C=O) groups is 1. The number of aromatic nitrogens is 4. The summed E-state index contributed by atoms with van der Waals surface area (Å²) < 4.78 is 0. The minimum absolute atomic E-state index is 0.120. The number of hydrogen-bond acceptors (Lipinski definition) is 6. The van der Waals surface area contributed by atoms with E-state index in [9.17, 15) is 4.79 Å². The molecule has 33 heavy (non-hydrogen) atoms. The Balaban J connectivity index is 1.27. The Morgan fingerprint density at radius 2 is 1.67 bits per heavy atom. The molecule has 6 nitrogen and oxygen atoms in total. The van der Waals surface area contributed by atoms with Gasteiger partial charge in [-0.15, -0.1) is 10.2 Å². The van der Waals surface area contributed by atoms with Crippen molar-refractivity contribution in [3.05, 3.63) is 72.4 Å². The smallest absolute Gasteiger partial charge is 0.237 e. The van der Waals surface area contributed by atoms with Gasteiger partial charge >= 0.3 is 0 Å². The van der Waals surface area contributed by atoms with Crippen LogP contribution in [0.1, 0.15) is 12.6 Å². The monoisotopic (exact) mass is 449 g/mol. The largest absolute Gasteiger partial charge is 0.324 e. The lowest BCUT2D eigenvalue weighted by molar-refractivity contribution is -0.115. The molecular formula is C26H19N5OS. The molecule has 2 aromatic heterocycles. The Hall–Kier alpha value is -3.84. The van der Waals surface area contributed by atoms with Crippen molar-refractivity contribution in [1.29, 1.82) is 0 Å². The van der Waals surface area contributed by atoms with E-state index in [2.05, 4.69) is 44.8 Å². The predicted octanol–water partition coefficient (Wildman–Crippen LogP) is 5.65. The van der Waals surface area contributed by atoms with Gasteiger partial charge in [-0.25, -0.2) is 4.98 Å². The highest BCUT2D eigenvalue weighted by Crippen LogP contribution is 2.45. The van der Waals surface area contributed by atoms with Crippen LogP contribution in [0, 0.1) is 6.92 Å². The van der Waals surface area contributed by atoms with E-state index in [4.69, 9.17) is 4.98 Å². The van der Waals surface area contributed by atoms with E-state index in [-0.39, 0.29) is 5.91 Å². The number of amides is 1. The number of nitrogens with zero attached hydrogens (tertiary/aromatic N) is 4. The first-order valence-electron chi connectivity index (χ1n) is 10.7. The predicted molar refractivity (Wildman–Crippen MR) is 132 cm³/mol. The summed E-state index contributed by atoms with van der Waals surface area (Å²) in [6, 6.07) is 22.0. The molecule has 5 aromatic rings. The molecule has 0 saturated heterocycles. The highest BCUT2D eigenvalue weighted by atomic mass is 32.2. The van der Waals surface area contributed by atoms with E-state index >= 15 is 0 Å². The van der Waals surface area contributed by atoms with Gasteiger partial charge in [0.1, 0.15) is 11.4 Å². The maximum absolute atomic E-state index is 13.0. The standard InChI is InChI=1S/C26H19N5OS/c1-14-13-21(17-9-3-4-12-20(17)27-14)28-25(32)15(2)33-26-29-23-18-10-5-7-16-8-6-11-19(22(16)18)24(23)30-31-26/h3-13,15H,1-2H3,(H,27,28,32). The summed E-state index contributed by atoms with van der Waals surface area (Å²) in [6.07, 6.45) is 0. The van der Waals surface area contributed by atoms with E-state index in [1.165, 1.54) is 11.8 Å². The van der Waals surface area contributed by atoms with Crippen molar-refractivity contribution < 1.29 is 4.79 Å². The van der Waals surface area contributed by atoms with Crippen molar-refractivity contribution in [3.8, 4) is 22.5 Å². The van der Waals surface area contributed by atoms with Gasteiger partial charge in [0.05, 0.1) is 16.5 Å². The summed E-state index contributed by atoms with van der Waals surface area (Å²) in [5, 5.41) is 15.2. The third-order valence-electron chi connectivity index (χ3n) is 5.84. The fourth-order valence-electron chi connectivity index (χ4n) is 4.32. The Labute approximate surface area is 194 Å². The van der Waals surface area contributed by atoms with Crippen LogP contribution in [-0.4, -0.2) is 31.3 Å². The van der Waals surface area contributed by atoms with Crippen LogP contribution in [0.3, 0.4) is 0 Å². The number of aryl methyl sites for hydroxylation is 1. The molecule has 7 heteroatoms. The number of carbonyl (C=O) groups excluding carboxylic acids is 1. The fraction of sp³-hybridized carbons (Fsp3) is 0.115. The van der Waals surface area contributed by atoms with Gasteiger partial charge < -0.3 is 5.32 Å². The highest BCUT2D eigenvalue weighted by molar-refractivity contribution is 8.00. The van der Waals surface area contributed by atoms with E-state index in [1.54, 1.807) is 0 Å². The van der Waals surface area contributed by atoms with Crippen LogP contribution in [-0.2, 0) is 4.79 Å². The molecule has 1 amide bonds. The number of hydrogen-bond donors (Lipinski definition) is 1. The van der Waals surface area contributed by atoms with E-state index in [0.717, 1.165) is 55.6 Å². The number of pyridine rings is 1. The van der Waals surface area contributed by atoms with Gasteiger partial charge in [0, 0.05) is 27.6 Å². The molecule has 1 unspecified atom stereocenters. The van der Waals surface area contributed by atoms with Crippen LogP contribution in [0.25, 0.3) is 44.2 Å². The highest BCUT2D eigenvalue weighted by Gasteiger charge is 2.26. The van der Waals surface area contributed by atoms with Gasteiger partial charge in [-0.1, -0.05) is 66.4 Å². The molecular weight excluding hydrogens is 430 g/mol. The average molecular weight is 450 g/mol. The summed E-state index contributed by atoms with van der Waals surface area (Å²) in [6.45, 7) is 3.77. The lowest BCUT2D eigenvalue weighted by Gasteiger charge is -2.13. The lowest BCUT2D eigenvalue weighted by Crippen LogP contribution is -2.23. The second-order valence-electron chi connectivity index (χ2n) is 8.08. The normalized spacial score (nSPS) is 12.7. The van der Waals surface area contributed by atoms with Crippen molar-refractivity contribution in [2.45, 2.75) is 24.3 Å². The summed E-state index contributed by atoms with van der Waals surface area (Å²) in [4.78, 5) is 22.3. The number of fused-ring (bicyclic) bond motifs is 4. The van der Waals surface area contributed by atoms with Gasteiger partial charge in [-0.2, -0.15) is 0 Å². The SMILES string of the molecule is Cc1cc(NC(=O)C(C)Sc2nnc3c(n2)-c2cccc4cccc-3c24)c2ccccc2n1. The van der Waals surface area contributed by atoms with E-state index < -0.39 is 5.25 Å². The molecule has 0 spiro atoms. The van der Waals surface area contributed by atoms with Crippen LogP contribution in [0.4, 0.5) is 5.69 Å². The zero-order valence-corrected chi connectivity index (χ0v) is 18.9. The van der Waals surface area contributed by atoms with Crippen molar-refractivity contribution in [2.24, 2.45) is 0 Å². The first-order valence-corrected chi connectivity index (χ1v) is 11.6. The molecule has 0 bridgehead atoms. The van der Waals surface area contributed by atoms with Crippen LogP contribution in [0.5, 0.6) is 0 Å². The number of thioether (sulfide) groups is 1. The van der Waals surface area contributed by atoms with Gasteiger partial charge in [0.2, 0.25) is 11.1 Å². The van der Waals surface area contributed by atoms with E-state index in [0.29, 0.717) is 5.16 Å². The topological polar surface area (TPSA) is 80.7 Å². The quantitative estimate of drug-likeness (QED) is 0.350. The molecule has 0 saturated carbocycles. The van der Waals surface area contributed by atoms with Gasteiger partial charge in [-0.05, 0) is 31.4 Å². The van der Waals surface area contributed by atoms with Crippen LogP contribution >= 0.6 is 11.8 Å². The molecule has 1 atom stereocenters. The van der Waals surface area contributed by atoms with Gasteiger partial charge in [-0.3, -0.25) is 9.78 Å². The second kappa shape index (κ2) is 7.64. The third kappa shape index (κ3) is 3.32. The molecule has 160 valence electrons. The van der Waals surface area contributed by atoms with Gasteiger partial charge in [0.25, 0.3) is 0 Å². The third-order valence-corrected chi connectivity index (χ3v) is 6.79. The Kier molecular flexibility index (Phi) is 4.58.